The summed E-state index contributed by atoms with van der Waals surface area (Å²) < 4.78 is -0.824. The van der Waals surface area contributed by atoms with Gasteiger partial charge in [-0.1, -0.05) is 0 Å². The van der Waals surface area contributed by atoms with E-state index in [-0.39, 0.29) is 20.9 Å². The van der Waals surface area contributed by atoms with E-state index in [0.717, 1.165) is 0 Å². The Bertz CT molecular complexity index is 530. The second-order valence-electron chi connectivity index (χ2n) is 10.1. The molecule has 0 aromatic carbocycles. The van der Waals surface area contributed by atoms with Crippen molar-refractivity contribution < 1.29 is 10.0 Å². The molecule has 0 radical (unpaired) electrons. The fourth-order valence-corrected chi connectivity index (χ4v) is 14.4. The summed E-state index contributed by atoms with van der Waals surface area (Å²) >= 11 is 0. The number of allylic oxidation sites excluding steroid dienone is 4. The van der Waals surface area contributed by atoms with Crippen molar-refractivity contribution in [1.82, 2.24) is 0 Å². The van der Waals surface area contributed by atoms with Crippen LogP contribution >= 0.6 is 29.5 Å². The first-order chi connectivity index (χ1) is 9.77. The molecule has 0 nitrogen and oxygen atoms in total. The number of halogens is 3. The molecule has 0 aromatic heterocycles. The van der Waals surface area contributed by atoms with E-state index in [0.29, 0.717) is 0 Å². The molecule has 23 heavy (non-hydrogen) atoms. The monoisotopic (exact) mass is 418 g/mol. The zero-order chi connectivity index (χ0) is 18.7. The van der Waals surface area contributed by atoms with Crippen LogP contribution in [-0.2, 0) is 10.0 Å². The Morgan fingerprint density at radius 2 is 1.35 bits per heavy atom. The summed E-state index contributed by atoms with van der Waals surface area (Å²) in [4.78, 5) is 0. The van der Waals surface area contributed by atoms with Gasteiger partial charge in [0.15, 0.2) is 0 Å². The van der Waals surface area contributed by atoms with E-state index in [2.05, 4.69) is 87.5 Å². The van der Waals surface area contributed by atoms with E-state index in [1.807, 2.05) is 0 Å². The van der Waals surface area contributed by atoms with E-state index in [4.69, 9.17) is 29.5 Å². The van der Waals surface area contributed by atoms with Gasteiger partial charge in [-0.15, -0.1) is 0 Å². The molecule has 0 spiro atoms. The normalized spacial score (nSPS) is 29.0. The molecule has 0 amide bonds. The number of hydrogen-bond donors (Lipinski definition) is 0. The molecule has 1 rings (SSSR count). The third-order valence-electron chi connectivity index (χ3n) is 5.34. The molecule has 1 aliphatic carbocycles. The molecule has 0 saturated heterocycles. The summed E-state index contributed by atoms with van der Waals surface area (Å²) in [5.41, 5.74) is 1.09. The summed E-state index contributed by atoms with van der Waals surface area (Å²) in [7, 11) is 17.7. The van der Waals surface area contributed by atoms with E-state index in [1.165, 1.54) is 5.57 Å². The van der Waals surface area contributed by atoms with Gasteiger partial charge in [-0.3, -0.25) is 0 Å². The third-order valence-corrected chi connectivity index (χ3v) is 22.1. The summed E-state index contributed by atoms with van der Waals surface area (Å²) in [6, 6.07) is 0. The molecule has 0 fully saturated rings. The second-order valence-corrected chi connectivity index (χ2v) is 26.4. The van der Waals surface area contributed by atoms with E-state index in [9.17, 15) is 0 Å². The van der Waals surface area contributed by atoms with Gasteiger partial charge in [0.1, 0.15) is 0 Å². The van der Waals surface area contributed by atoms with Crippen LogP contribution in [0.2, 0.25) is 8.25 Å². The van der Waals surface area contributed by atoms with Gasteiger partial charge in [-0.2, -0.15) is 0 Å². The molecule has 2 unspecified atom stereocenters. The van der Waals surface area contributed by atoms with Crippen molar-refractivity contribution >= 4 is 29.5 Å². The van der Waals surface area contributed by atoms with E-state index < -0.39 is 14.1 Å². The molecule has 2 atom stereocenters. The molecule has 0 aromatic rings. The molecular formula is C19H34Cl3V. The zero-order valence-corrected chi connectivity index (χ0v) is 20.1. The van der Waals surface area contributed by atoms with Crippen molar-refractivity contribution in [2.75, 3.05) is 0 Å². The van der Waals surface area contributed by atoms with Gasteiger partial charge in [-0.25, -0.2) is 0 Å². The Morgan fingerprint density at radius 1 is 0.913 bits per heavy atom. The van der Waals surface area contributed by atoms with Crippen LogP contribution < -0.4 is 0 Å². The van der Waals surface area contributed by atoms with Gasteiger partial charge in [-0.05, 0) is 0 Å². The second kappa shape index (κ2) is 5.72. The van der Waals surface area contributed by atoms with Crippen LogP contribution in [-0.4, -0.2) is 0 Å². The predicted molar refractivity (Wildman–Crippen MR) is 105 cm³/mol. The third kappa shape index (κ3) is 3.21. The van der Waals surface area contributed by atoms with Crippen LogP contribution in [0.15, 0.2) is 23.8 Å². The minimum absolute atomic E-state index is 0.00458. The Balaban J connectivity index is 3.95. The summed E-state index contributed by atoms with van der Waals surface area (Å²) in [5, 5.41) is 0. The Labute approximate surface area is 157 Å². The Hall–Kier alpha value is 0.934. The molecule has 1 aliphatic rings. The Kier molecular flexibility index (Phi) is 5.46. The van der Waals surface area contributed by atoms with Crippen molar-refractivity contribution in [3.05, 3.63) is 23.8 Å². The van der Waals surface area contributed by atoms with Crippen LogP contribution in [0.5, 0.6) is 0 Å². The molecule has 0 heterocycles. The van der Waals surface area contributed by atoms with E-state index in [1.54, 1.807) is 0 Å². The maximum absolute atomic E-state index is 7.37. The average molecular weight is 420 g/mol. The molecular weight excluding hydrogens is 386 g/mol. The first kappa shape index (κ1) is 22.0. The number of hydrogen-bond acceptors (Lipinski definition) is 0. The molecule has 0 N–H and O–H groups in total. The van der Waals surface area contributed by atoms with E-state index >= 15 is 0 Å². The molecule has 4 heteroatoms. The van der Waals surface area contributed by atoms with Crippen molar-refractivity contribution in [1.29, 1.82) is 0 Å². The molecule has 0 saturated carbocycles. The van der Waals surface area contributed by atoms with Gasteiger partial charge in [0, 0.05) is 0 Å². The van der Waals surface area contributed by atoms with Crippen LogP contribution in [0.25, 0.3) is 0 Å². The molecule has 136 valence electrons. The average Bonchev–Trinajstić information content (AvgIpc) is 2.22. The van der Waals surface area contributed by atoms with Crippen LogP contribution in [0.4, 0.5) is 0 Å². The molecule has 0 bridgehead atoms. The van der Waals surface area contributed by atoms with Gasteiger partial charge >= 0.3 is 158 Å². The first-order valence-corrected chi connectivity index (χ1v) is 15.5. The van der Waals surface area contributed by atoms with Crippen LogP contribution in [0, 0.1) is 16.7 Å². The topological polar surface area (TPSA) is 0 Å². The van der Waals surface area contributed by atoms with Crippen molar-refractivity contribution in [3.63, 3.8) is 0 Å². The maximum atomic E-state index is 7.37. The van der Waals surface area contributed by atoms with Gasteiger partial charge in [0.25, 0.3) is 0 Å². The van der Waals surface area contributed by atoms with Crippen molar-refractivity contribution in [2.24, 2.45) is 16.7 Å². The van der Waals surface area contributed by atoms with Gasteiger partial charge in [0.2, 0.25) is 0 Å². The zero-order valence-electron chi connectivity index (χ0n) is 16.4. The standard InChI is InChI=1S/C15H25.C4H9.3ClH.V/c1-11-8-9-12(14(2,3)4)13(10-11)15(5,6)7;1-4(2)3;;;;/h8-10,13H,1-7H3;1-3H3;3*1H;/q;;;;;+3/p-3. The van der Waals surface area contributed by atoms with Crippen LogP contribution in [0.3, 0.4) is 0 Å². The van der Waals surface area contributed by atoms with Crippen LogP contribution in [0.1, 0.15) is 69.2 Å². The van der Waals surface area contributed by atoms with Gasteiger partial charge < -0.3 is 0 Å². The quantitative estimate of drug-likeness (QED) is 0.398. The van der Waals surface area contributed by atoms with Crippen molar-refractivity contribution in [2.45, 2.75) is 77.5 Å². The predicted octanol–water partition coefficient (Wildman–Crippen LogP) is 8.74. The SMILES string of the molecule is CC1=CC(C(C)(C)C)[C](C(C)(C)C)([V]([Cl])([Cl])([Cl])[C](C)(C)C)C=C1. The molecule has 0 aliphatic heterocycles. The van der Waals surface area contributed by atoms with Crippen molar-refractivity contribution in [3.8, 4) is 0 Å². The summed E-state index contributed by atoms with van der Waals surface area (Å²) in [6.45, 7) is 21.9. The number of rotatable bonds is 1. The van der Waals surface area contributed by atoms with Gasteiger partial charge in [0.05, 0.1) is 0 Å². The fraction of sp³-hybridized carbons (Fsp3) is 0.789. The Morgan fingerprint density at radius 3 is 1.65 bits per heavy atom. The minimum atomic E-state index is -4.38. The summed E-state index contributed by atoms with van der Waals surface area (Å²) in [6.07, 6.45) is 6.75. The summed E-state index contributed by atoms with van der Waals surface area (Å²) in [5.74, 6) is 0.178. The fourth-order valence-electron chi connectivity index (χ4n) is 3.89. The first-order valence-electron chi connectivity index (χ1n) is 8.31.